The fraction of sp³-hybridized carbons (Fsp3) is 0.710. The van der Waals surface area contributed by atoms with Crippen molar-refractivity contribution >= 4 is 19.8 Å². The SMILES string of the molecule is CC/C=C\C/C=C\C/C=C\C/C=C\CCCCCCCCCCCCCCCCC(=O)OC(COC(=O)CCCCCCCCCC/C=C\C/C=C\C/C=C\C/C=C\CC)COP(=O)(O)OCC[N+](C)(C)C. The number of phosphoric ester groups is 1. The van der Waals surface area contributed by atoms with E-state index in [0.717, 1.165) is 103 Å². The van der Waals surface area contributed by atoms with Crippen molar-refractivity contribution in [3.05, 3.63) is 97.2 Å². The highest BCUT2D eigenvalue weighted by molar-refractivity contribution is 7.47. The summed E-state index contributed by atoms with van der Waals surface area (Å²) in [7, 11) is 1.46. The van der Waals surface area contributed by atoms with Gasteiger partial charge in [0.2, 0.25) is 0 Å². The van der Waals surface area contributed by atoms with Gasteiger partial charge in [0.15, 0.2) is 6.10 Å². The minimum absolute atomic E-state index is 0.0262. The molecule has 2 unspecified atom stereocenters. The molecule has 0 radical (unpaired) electrons. The van der Waals surface area contributed by atoms with Gasteiger partial charge in [0.1, 0.15) is 19.8 Å². The fourth-order valence-corrected chi connectivity index (χ4v) is 8.45. The van der Waals surface area contributed by atoms with Gasteiger partial charge in [-0.25, -0.2) is 4.57 Å². The van der Waals surface area contributed by atoms with E-state index in [0.29, 0.717) is 17.4 Å². The second kappa shape index (κ2) is 52.8. The number of phosphoric acid groups is 1. The van der Waals surface area contributed by atoms with E-state index in [4.69, 9.17) is 18.5 Å². The van der Waals surface area contributed by atoms with Crippen molar-refractivity contribution in [1.29, 1.82) is 0 Å². The average molecular weight is 1030 g/mol. The summed E-state index contributed by atoms with van der Waals surface area (Å²) in [6, 6.07) is 0. The van der Waals surface area contributed by atoms with Gasteiger partial charge < -0.3 is 18.9 Å². The zero-order valence-electron chi connectivity index (χ0n) is 46.9. The van der Waals surface area contributed by atoms with Crippen molar-refractivity contribution in [2.45, 2.75) is 238 Å². The number of carbonyl (C=O) groups is 2. The first-order chi connectivity index (χ1) is 35.0. The van der Waals surface area contributed by atoms with Crippen LogP contribution in [0.15, 0.2) is 97.2 Å². The maximum atomic E-state index is 12.8. The molecule has 0 rings (SSSR count). The number of rotatable bonds is 52. The Balaban J connectivity index is 4.18. The lowest BCUT2D eigenvalue weighted by Crippen LogP contribution is -2.37. The maximum Gasteiger partial charge on any atom is 0.472 e. The molecule has 72 heavy (non-hydrogen) atoms. The number of likely N-dealkylation sites (N-methyl/N-ethyl adjacent to an activating group) is 1. The van der Waals surface area contributed by atoms with Crippen LogP contribution in [0.5, 0.6) is 0 Å². The normalized spacial score (nSPS) is 14.0. The van der Waals surface area contributed by atoms with Gasteiger partial charge in [-0.2, -0.15) is 0 Å². The Labute approximate surface area is 443 Å². The van der Waals surface area contributed by atoms with Gasteiger partial charge in [-0.15, -0.1) is 0 Å². The van der Waals surface area contributed by atoms with Crippen molar-refractivity contribution in [3.63, 3.8) is 0 Å². The molecule has 0 aromatic heterocycles. The van der Waals surface area contributed by atoms with Crippen LogP contribution < -0.4 is 0 Å². The largest absolute Gasteiger partial charge is 0.472 e. The van der Waals surface area contributed by atoms with Gasteiger partial charge >= 0.3 is 19.8 Å². The zero-order chi connectivity index (χ0) is 52.7. The monoisotopic (exact) mass is 1030 g/mol. The van der Waals surface area contributed by atoms with Crippen LogP contribution in [0.3, 0.4) is 0 Å². The molecular formula is C62H109NO8P+. The van der Waals surface area contributed by atoms with Crippen LogP contribution >= 0.6 is 7.82 Å². The number of ether oxygens (including phenoxy) is 2. The molecule has 0 aromatic carbocycles. The highest BCUT2D eigenvalue weighted by Gasteiger charge is 2.27. The van der Waals surface area contributed by atoms with Gasteiger partial charge in [0.05, 0.1) is 27.7 Å². The average Bonchev–Trinajstić information content (AvgIpc) is 3.34. The Bertz CT molecular complexity index is 1540. The molecule has 0 aromatic rings. The Hall–Kier alpha value is -3.07. The van der Waals surface area contributed by atoms with Crippen molar-refractivity contribution in [2.24, 2.45) is 0 Å². The Morgan fingerprint density at radius 2 is 0.750 bits per heavy atom. The van der Waals surface area contributed by atoms with Crippen LogP contribution in [0.1, 0.15) is 232 Å². The van der Waals surface area contributed by atoms with E-state index < -0.39 is 26.5 Å². The first kappa shape index (κ1) is 68.9. The fourth-order valence-electron chi connectivity index (χ4n) is 7.70. The summed E-state index contributed by atoms with van der Waals surface area (Å²) >= 11 is 0. The predicted octanol–water partition coefficient (Wildman–Crippen LogP) is 18.0. The first-order valence-electron chi connectivity index (χ1n) is 29.0. The number of hydrogen-bond donors (Lipinski definition) is 1. The van der Waals surface area contributed by atoms with Gasteiger partial charge in [-0.05, 0) is 89.9 Å². The molecule has 0 amide bonds. The molecule has 0 fully saturated rings. The second-order valence-corrected chi connectivity index (χ2v) is 21.7. The minimum Gasteiger partial charge on any atom is -0.462 e. The van der Waals surface area contributed by atoms with Crippen LogP contribution in [-0.2, 0) is 32.7 Å². The molecule has 0 aliphatic heterocycles. The Morgan fingerprint density at radius 3 is 1.11 bits per heavy atom. The van der Waals surface area contributed by atoms with E-state index in [9.17, 15) is 19.0 Å². The van der Waals surface area contributed by atoms with E-state index in [2.05, 4.69) is 111 Å². The number of nitrogens with zero attached hydrogens (tertiary/aromatic N) is 1. The molecule has 2 atom stereocenters. The third-order valence-corrected chi connectivity index (χ3v) is 13.1. The molecule has 1 N–H and O–H groups in total. The number of carbonyl (C=O) groups excluding carboxylic acids is 2. The molecule has 0 bridgehead atoms. The smallest absolute Gasteiger partial charge is 0.462 e. The molecule has 0 aliphatic rings. The van der Waals surface area contributed by atoms with E-state index >= 15 is 0 Å². The summed E-state index contributed by atoms with van der Waals surface area (Å²) in [5, 5.41) is 0. The summed E-state index contributed by atoms with van der Waals surface area (Å²) < 4.78 is 34.6. The van der Waals surface area contributed by atoms with Crippen molar-refractivity contribution in [2.75, 3.05) is 47.5 Å². The number of esters is 2. The van der Waals surface area contributed by atoms with Crippen LogP contribution in [0.2, 0.25) is 0 Å². The Morgan fingerprint density at radius 1 is 0.431 bits per heavy atom. The van der Waals surface area contributed by atoms with Crippen molar-refractivity contribution < 1.29 is 42.1 Å². The van der Waals surface area contributed by atoms with E-state index in [1.807, 2.05) is 21.1 Å². The molecule has 10 heteroatoms. The first-order valence-corrected chi connectivity index (χ1v) is 30.5. The Kier molecular flexibility index (Phi) is 50.5. The second-order valence-electron chi connectivity index (χ2n) is 20.3. The van der Waals surface area contributed by atoms with Gasteiger partial charge in [-0.1, -0.05) is 227 Å². The highest BCUT2D eigenvalue weighted by atomic mass is 31.2. The number of hydrogen-bond acceptors (Lipinski definition) is 7. The van der Waals surface area contributed by atoms with E-state index in [1.165, 1.54) is 96.3 Å². The molecule has 0 heterocycles. The molecule has 0 saturated heterocycles. The van der Waals surface area contributed by atoms with Gasteiger partial charge in [0.25, 0.3) is 0 Å². The van der Waals surface area contributed by atoms with Crippen LogP contribution in [0.4, 0.5) is 0 Å². The van der Waals surface area contributed by atoms with Gasteiger partial charge in [0, 0.05) is 12.8 Å². The lowest BCUT2D eigenvalue weighted by molar-refractivity contribution is -0.870. The molecule has 9 nitrogen and oxygen atoms in total. The zero-order valence-corrected chi connectivity index (χ0v) is 47.8. The molecule has 0 spiro atoms. The number of unbranched alkanes of at least 4 members (excludes halogenated alkanes) is 22. The summed E-state index contributed by atoms with van der Waals surface area (Å²) in [6.07, 6.45) is 71.8. The van der Waals surface area contributed by atoms with E-state index in [1.54, 1.807) is 0 Å². The predicted molar refractivity (Wildman–Crippen MR) is 307 cm³/mol. The minimum atomic E-state index is -4.39. The van der Waals surface area contributed by atoms with E-state index in [-0.39, 0.29) is 32.0 Å². The third-order valence-electron chi connectivity index (χ3n) is 12.1. The summed E-state index contributed by atoms with van der Waals surface area (Å²) in [5.74, 6) is -0.808. The third kappa shape index (κ3) is 56.2. The number of quaternary nitrogens is 1. The van der Waals surface area contributed by atoms with Crippen molar-refractivity contribution in [3.8, 4) is 0 Å². The molecule has 0 aliphatic carbocycles. The molecule has 0 saturated carbocycles. The summed E-state index contributed by atoms with van der Waals surface area (Å²) in [6.45, 7) is 4.20. The number of allylic oxidation sites excluding steroid dienone is 16. The van der Waals surface area contributed by atoms with Crippen LogP contribution in [0.25, 0.3) is 0 Å². The lowest BCUT2D eigenvalue weighted by Gasteiger charge is -2.24. The topological polar surface area (TPSA) is 108 Å². The maximum absolute atomic E-state index is 12.8. The molecular weight excluding hydrogens is 918 g/mol. The summed E-state index contributed by atoms with van der Waals surface area (Å²) in [5.41, 5.74) is 0. The van der Waals surface area contributed by atoms with Gasteiger partial charge in [-0.3, -0.25) is 18.6 Å². The standard InChI is InChI=1S/C62H108NO8P/c1-6-8-10-12-14-16-18-20-22-24-26-28-29-30-31-32-33-35-37-39-41-43-45-47-49-51-53-55-62(65)71-60(59-70-72(66,67)69-57-56-63(3,4)5)58-68-61(64)54-52-50-48-46-44-42-40-38-36-34-27-25-23-21-19-17-15-13-11-9-7-2/h8-11,14-17,20-23,26-28,34,60H,6-7,12-13,18-19,24-25,29-33,35-59H2,1-5H3/p+1/b10-8-,11-9-,16-14-,17-15-,22-20-,23-21-,28-26-,34-27-. The quantitative estimate of drug-likeness (QED) is 0.0211. The molecule has 414 valence electrons. The highest BCUT2D eigenvalue weighted by Crippen LogP contribution is 2.43. The summed E-state index contributed by atoms with van der Waals surface area (Å²) in [4.78, 5) is 35.7. The lowest BCUT2D eigenvalue weighted by atomic mass is 10.0. The van der Waals surface area contributed by atoms with Crippen molar-refractivity contribution in [1.82, 2.24) is 0 Å². The van der Waals surface area contributed by atoms with Crippen LogP contribution in [-0.4, -0.2) is 74.9 Å². The van der Waals surface area contributed by atoms with Crippen LogP contribution in [0, 0.1) is 0 Å².